The van der Waals surface area contributed by atoms with Gasteiger partial charge in [0.15, 0.2) is 0 Å². The standard InChI is InChI=1S/C23H19F3N4O3/c1-31-18-3-2-4-19-21(18)17(12-32-19)30-22-29-16-6-5-15(9-13(16)11-33-22)28-20-10-14(7-8-27-20)23(24,25)26/h2-10,17H,11-12H2,1H3,(H,27,28)(H,29,30). The summed E-state index contributed by atoms with van der Waals surface area (Å²) < 4.78 is 55.7. The molecule has 7 nitrogen and oxygen atoms in total. The normalized spacial score (nSPS) is 16.6. The predicted octanol–water partition coefficient (Wildman–Crippen LogP) is 5.09. The lowest BCUT2D eigenvalue weighted by molar-refractivity contribution is -0.137. The maximum absolute atomic E-state index is 12.9. The summed E-state index contributed by atoms with van der Waals surface area (Å²) in [7, 11) is 1.61. The van der Waals surface area contributed by atoms with Crippen molar-refractivity contribution in [3.63, 3.8) is 0 Å². The lowest BCUT2D eigenvalue weighted by Gasteiger charge is -2.21. The molecule has 2 aliphatic heterocycles. The maximum Gasteiger partial charge on any atom is 0.416 e. The first kappa shape index (κ1) is 20.9. The molecule has 170 valence electrons. The van der Waals surface area contributed by atoms with E-state index in [-0.39, 0.29) is 18.5 Å². The molecule has 5 rings (SSSR count). The Hall–Kier alpha value is -3.95. The summed E-state index contributed by atoms with van der Waals surface area (Å²) in [5, 5.41) is 6.15. The van der Waals surface area contributed by atoms with Gasteiger partial charge in [-0.25, -0.2) is 4.98 Å². The smallest absolute Gasteiger partial charge is 0.416 e. The number of benzene rings is 2. The molecule has 2 N–H and O–H groups in total. The Balaban J connectivity index is 1.32. The number of amidine groups is 1. The second kappa shape index (κ2) is 8.19. The second-order valence-electron chi connectivity index (χ2n) is 7.48. The number of aliphatic imine (C=N–C) groups is 1. The molecule has 3 heterocycles. The van der Waals surface area contributed by atoms with E-state index in [0.717, 1.165) is 41.0 Å². The maximum atomic E-state index is 12.9. The molecule has 0 fully saturated rings. The summed E-state index contributed by atoms with van der Waals surface area (Å²) in [5.74, 6) is 1.57. The van der Waals surface area contributed by atoms with Gasteiger partial charge < -0.3 is 24.8 Å². The lowest BCUT2D eigenvalue weighted by atomic mass is 10.1. The van der Waals surface area contributed by atoms with E-state index in [0.29, 0.717) is 24.0 Å². The molecule has 0 radical (unpaired) electrons. The topological polar surface area (TPSA) is 77.0 Å². The zero-order valence-electron chi connectivity index (χ0n) is 17.4. The number of alkyl halides is 3. The van der Waals surface area contributed by atoms with E-state index in [2.05, 4.69) is 20.6 Å². The van der Waals surface area contributed by atoms with Gasteiger partial charge in [0.05, 0.1) is 30.0 Å². The van der Waals surface area contributed by atoms with Crippen LogP contribution in [-0.2, 0) is 17.5 Å². The molecule has 2 aliphatic rings. The van der Waals surface area contributed by atoms with Crippen molar-refractivity contribution in [1.82, 2.24) is 10.3 Å². The van der Waals surface area contributed by atoms with Gasteiger partial charge in [0.2, 0.25) is 0 Å². The number of hydrogen-bond acceptors (Lipinski definition) is 7. The Morgan fingerprint density at radius 2 is 1.97 bits per heavy atom. The van der Waals surface area contributed by atoms with Gasteiger partial charge in [0.25, 0.3) is 6.02 Å². The first-order valence-electron chi connectivity index (χ1n) is 10.1. The largest absolute Gasteiger partial charge is 0.496 e. The quantitative estimate of drug-likeness (QED) is 0.569. The number of methoxy groups -OCH3 is 1. The first-order valence-corrected chi connectivity index (χ1v) is 10.1. The number of hydrogen-bond donors (Lipinski definition) is 2. The number of pyridine rings is 1. The predicted molar refractivity (Wildman–Crippen MR) is 115 cm³/mol. The number of anilines is 2. The number of halogens is 3. The molecule has 10 heteroatoms. The average molecular weight is 456 g/mol. The monoisotopic (exact) mass is 456 g/mol. The van der Waals surface area contributed by atoms with Crippen LogP contribution >= 0.6 is 0 Å². The highest BCUT2D eigenvalue weighted by atomic mass is 19.4. The third kappa shape index (κ3) is 4.23. The number of rotatable bonds is 4. The van der Waals surface area contributed by atoms with Gasteiger partial charge in [-0.3, -0.25) is 0 Å². The summed E-state index contributed by atoms with van der Waals surface area (Å²) in [4.78, 5) is 8.49. The molecule has 2 aromatic carbocycles. The lowest BCUT2D eigenvalue weighted by Crippen LogP contribution is -2.32. The van der Waals surface area contributed by atoms with Gasteiger partial charge >= 0.3 is 6.18 Å². The Labute approximate surface area is 187 Å². The fraction of sp³-hybridized carbons (Fsp3) is 0.217. The fourth-order valence-corrected chi connectivity index (χ4v) is 3.76. The molecule has 0 saturated carbocycles. The van der Waals surface area contributed by atoms with E-state index in [1.807, 2.05) is 18.2 Å². The van der Waals surface area contributed by atoms with Gasteiger partial charge in [0, 0.05) is 17.4 Å². The summed E-state index contributed by atoms with van der Waals surface area (Å²) in [5.41, 5.74) is 2.21. The van der Waals surface area contributed by atoms with Gasteiger partial charge in [-0.15, -0.1) is 0 Å². The molecule has 0 aliphatic carbocycles. The van der Waals surface area contributed by atoms with Crippen LogP contribution in [0.25, 0.3) is 0 Å². The van der Waals surface area contributed by atoms with Crippen molar-refractivity contribution in [2.45, 2.75) is 18.8 Å². The minimum absolute atomic E-state index is 0.0983. The fourth-order valence-electron chi connectivity index (χ4n) is 3.76. The van der Waals surface area contributed by atoms with Crippen LogP contribution < -0.4 is 20.1 Å². The van der Waals surface area contributed by atoms with E-state index < -0.39 is 11.7 Å². The van der Waals surface area contributed by atoms with E-state index in [1.54, 1.807) is 25.3 Å². The van der Waals surface area contributed by atoms with Gasteiger partial charge in [-0.1, -0.05) is 6.07 Å². The summed E-state index contributed by atoms with van der Waals surface area (Å²) >= 11 is 0. The van der Waals surface area contributed by atoms with Crippen LogP contribution in [0.2, 0.25) is 0 Å². The zero-order chi connectivity index (χ0) is 23.0. The third-order valence-electron chi connectivity index (χ3n) is 5.32. The van der Waals surface area contributed by atoms with Crippen LogP contribution in [0.4, 0.5) is 30.4 Å². The second-order valence-corrected chi connectivity index (χ2v) is 7.48. The van der Waals surface area contributed by atoms with Crippen LogP contribution in [0.5, 0.6) is 11.5 Å². The van der Waals surface area contributed by atoms with E-state index in [9.17, 15) is 13.2 Å². The van der Waals surface area contributed by atoms with Crippen molar-refractivity contribution in [1.29, 1.82) is 0 Å². The van der Waals surface area contributed by atoms with E-state index in [1.165, 1.54) is 0 Å². The van der Waals surface area contributed by atoms with Crippen LogP contribution in [0.3, 0.4) is 0 Å². The van der Waals surface area contributed by atoms with Gasteiger partial charge in [-0.2, -0.15) is 18.2 Å². The van der Waals surface area contributed by atoms with Crippen molar-refractivity contribution in [3.05, 3.63) is 71.4 Å². The number of fused-ring (bicyclic) bond motifs is 2. The third-order valence-corrected chi connectivity index (χ3v) is 5.32. The molecule has 0 amide bonds. The van der Waals surface area contributed by atoms with Crippen molar-refractivity contribution < 1.29 is 27.4 Å². The molecule has 0 spiro atoms. The first-order chi connectivity index (χ1) is 15.9. The van der Waals surface area contributed by atoms with Crippen molar-refractivity contribution >= 4 is 23.2 Å². The van der Waals surface area contributed by atoms with E-state index >= 15 is 0 Å². The molecule has 1 unspecified atom stereocenters. The molecule has 1 aromatic heterocycles. The van der Waals surface area contributed by atoms with E-state index in [4.69, 9.17) is 14.2 Å². The van der Waals surface area contributed by atoms with Crippen molar-refractivity contribution in [2.24, 2.45) is 4.99 Å². The average Bonchev–Trinajstić information content (AvgIpc) is 3.22. The number of ether oxygens (including phenoxy) is 3. The highest BCUT2D eigenvalue weighted by Gasteiger charge is 2.31. The number of aromatic nitrogens is 1. The molecular weight excluding hydrogens is 437 g/mol. The molecule has 3 aromatic rings. The molecule has 33 heavy (non-hydrogen) atoms. The summed E-state index contributed by atoms with van der Waals surface area (Å²) in [6.45, 7) is 0.664. The summed E-state index contributed by atoms with van der Waals surface area (Å²) in [6.07, 6.45) is -3.31. The number of nitrogens with one attached hydrogen (secondary N) is 2. The van der Waals surface area contributed by atoms with Crippen molar-refractivity contribution in [3.8, 4) is 11.5 Å². The van der Waals surface area contributed by atoms with Crippen LogP contribution in [0.15, 0.2) is 59.7 Å². The zero-order valence-corrected chi connectivity index (χ0v) is 17.4. The SMILES string of the molecule is COc1cccc2c1C(NC1=Nc3ccc(Nc4cc(C(F)(F)F)ccn4)cc3CO1)CO2. The van der Waals surface area contributed by atoms with Crippen LogP contribution in [-0.4, -0.2) is 24.7 Å². The summed E-state index contributed by atoms with van der Waals surface area (Å²) in [6, 6.07) is 13.0. The van der Waals surface area contributed by atoms with Crippen LogP contribution in [0.1, 0.15) is 22.7 Å². The Kier molecular flexibility index (Phi) is 5.20. The molecule has 0 bridgehead atoms. The highest BCUT2D eigenvalue weighted by molar-refractivity contribution is 5.81. The molecule has 1 atom stereocenters. The van der Waals surface area contributed by atoms with Crippen molar-refractivity contribution in [2.75, 3.05) is 19.0 Å². The minimum atomic E-state index is -4.43. The molecular formula is C23H19F3N4O3. The highest BCUT2D eigenvalue weighted by Crippen LogP contribution is 2.39. The Bertz CT molecular complexity index is 1230. The van der Waals surface area contributed by atoms with Gasteiger partial charge in [-0.05, 0) is 42.5 Å². The van der Waals surface area contributed by atoms with Gasteiger partial charge in [0.1, 0.15) is 30.5 Å². The minimum Gasteiger partial charge on any atom is -0.496 e. The molecule has 0 saturated heterocycles. The Morgan fingerprint density at radius 3 is 2.79 bits per heavy atom. The van der Waals surface area contributed by atoms with Crippen LogP contribution in [0, 0.1) is 0 Å². The number of nitrogens with zero attached hydrogens (tertiary/aromatic N) is 2. The Morgan fingerprint density at radius 1 is 1.09 bits per heavy atom.